The van der Waals surface area contributed by atoms with Crippen LogP contribution in [0, 0.1) is 6.92 Å². The van der Waals surface area contributed by atoms with Gasteiger partial charge in [-0.05, 0) is 25.3 Å². The van der Waals surface area contributed by atoms with Crippen molar-refractivity contribution in [2.45, 2.75) is 25.7 Å². The van der Waals surface area contributed by atoms with E-state index in [0.717, 1.165) is 11.5 Å². The van der Waals surface area contributed by atoms with Crippen LogP contribution < -0.4 is 0 Å². The van der Waals surface area contributed by atoms with E-state index in [1.165, 1.54) is 24.0 Å². The molecule has 1 aliphatic carbocycles. The van der Waals surface area contributed by atoms with E-state index in [4.69, 9.17) is 0 Å². The van der Waals surface area contributed by atoms with Crippen LogP contribution in [0.1, 0.15) is 30.1 Å². The number of rotatable bonds is 2. The zero-order chi connectivity index (χ0) is 10.3. The zero-order valence-corrected chi connectivity index (χ0v) is 8.83. The minimum atomic E-state index is 0.698. The van der Waals surface area contributed by atoms with E-state index in [0.29, 0.717) is 5.92 Å². The molecule has 15 heavy (non-hydrogen) atoms. The second-order valence-corrected chi connectivity index (χ2v) is 4.32. The maximum atomic E-state index is 4.42. The highest BCUT2D eigenvalue weighted by Gasteiger charge is 2.26. The van der Waals surface area contributed by atoms with Crippen LogP contribution in [0.2, 0.25) is 0 Å². The summed E-state index contributed by atoms with van der Waals surface area (Å²) in [6.45, 7) is 2.10. The summed E-state index contributed by atoms with van der Waals surface area (Å²) in [5.74, 6) is 1.86. The lowest BCUT2D eigenvalue weighted by Crippen LogP contribution is -1.82. The zero-order valence-electron chi connectivity index (χ0n) is 8.83. The van der Waals surface area contributed by atoms with Gasteiger partial charge in [0.2, 0.25) is 0 Å². The summed E-state index contributed by atoms with van der Waals surface area (Å²) in [4.78, 5) is 7.82. The SMILES string of the molecule is Cc1ccc(-c2cnc(C3CC3)[nH]2)cc1. The van der Waals surface area contributed by atoms with Crippen molar-refractivity contribution < 1.29 is 0 Å². The van der Waals surface area contributed by atoms with Crippen LogP contribution in [0.15, 0.2) is 30.5 Å². The number of aryl methyl sites for hydroxylation is 1. The van der Waals surface area contributed by atoms with Crippen LogP contribution in [0.3, 0.4) is 0 Å². The van der Waals surface area contributed by atoms with Crippen molar-refractivity contribution in [1.82, 2.24) is 9.97 Å². The van der Waals surface area contributed by atoms with E-state index in [9.17, 15) is 0 Å². The fourth-order valence-electron chi connectivity index (χ4n) is 1.78. The van der Waals surface area contributed by atoms with Gasteiger partial charge in [-0.3, -0.25) is 0 Å². The monoisotopic (exact) mass is 198 g/mol. The van der Waals surface area contributed by atoms with Crippen LogP contribution in [-0.2, 0) is 0 Å². The van der Waals surface area contributed by atoms with Crippen molar-refractivity contribution in [1.29, 1.82) is 0 Å². The van der Waals surface area contributed by atoms with E-state index in [-0.39, 0.29) is 0 Å². The van der Waals surface area contributed by atoms with Gasteiger partial charge in [0, 0.05) is 5.92 Å². The minimum Gasteiger partial charge on any atom is -0.342 e. The van der Waals surface area contributed by atoms with Gasteiger partial charge in [0.15, 0.2) is 0 Å². The van der Waals surface area contributed by atoms with Gasteiger partial charge in [-0.1, -0.05) is 29.8 Å². The molecule has 0 unspecified atom stereocenters. The van der Waals surface area contributed by atoms with Crippen LogP contribution in [-0.4, -0.2) is 9.97 Å². The molecule has 0 spiro atoms. The molecule has 0 atom stereocenters. The molecular formula is C13H14N2. The highest BCUT2D eigenvalue weighted by molar-refractivity contribution is 5.58. The molecule has 1 N–H and O–H groups in total. The molecule has 1 fully saturated rings. The van der Waals surface area contributed by atoms with Gasteiger partial charge >= 0.3 is 0 Å². The molecule has 1 aliphatic rings. The third kappa shape index (κ3) is 1.67. The fourth-order valence-corrected chi connectivity index (χ4v) is 1.78. The molecule has 76 valence electrons. The number of hydrogen-bond acceptors (Lipinski definition) is 1. The smallest absolute Gasteiger partial charge is 0.109 e. The van der Waals surface area contributed by atoms with Crippen molar-refractivity contribution in [3.05, 3.63) is 41.9 Å². The molecule has 1 aromatic carbocycles. The second-order valence-electron chi connectivity index (χ2n) is 4.32. The first-order valence-corrected chi connectivity index (χ1v) is 5.45. The summed E-state index contributed by atoms with van der Waals surface area (Å²) in [7, 11) is 0. The number of hydrogen-bond donors (Lipinski definition) is 1. The Hall–Kier alpha value is -1.57. The van der Waals surface area contributed by atoms with Crippen molar-refractivity contribution in [2.24, 2.45) is 0 Å². The Kier molecular flexibility index (Phi) is 1.88. The first kappa shape index (κ1) is 8.72. The number of benzene rings is 1. The largest absolute Gasteiger partial charge is 0.342 e. The summed E-state index contributed by atoms with van der Waals surface area (Å²) in [5, 5.41) is 0. The van der Waals surface area contributed by atoms with Crippen LogP contribution in [0.5, 0.6) is 0 Å². The average Bonchev–Trinajstić information content (AvgIpc) is 2.99. The highest BCUT2D eigenvalue weighted by atomic mass is 14.9. The quantitative estimate of drug-likeness (QED) is 0.788. The number of aromatic amines is 1. The lowest BCUT2D eigenvalue weighted by Gasteiger charge is -1.97. The fraction of sp³-hybridized carbons (Fsp3) is 0.308. The average molecular weight is 198 g/mol. The summed E-state index contributed by atoms with van der Waals surface area (Å²) >= 11 is 0. The Bertz CT molecular complexity index is 464. The lowest BCUT2D eigenvalue weighted by molar-refractivity contribution is 0.977. The van der Waals surface area contributed by atoms with Crippen molar-refractivity contribution in [3.63, 3.8) is 0 Å². The summed E-state index contributed by atoms with van der Waals surface area (Å²) < 4.78 is 0. The molecule has 2 aromatic rings. The molecule has 1 heterocycles. The third-order valence-electron chi connectivity index (χ3n) is 2.92. The summed E-state index contributed by atoms with van der Waals surface area (Å²) in [6, 6.07) is 8.54. The Morgan fingerprint density at radius 1 is 1.20 bits per heavy atom. The number of H-pyrrole nitrogens is 1. The van der Waals surface area contributed by atoms with Gasteiger partial charge in [0.25, 0.3) is 0 Å². The Labute approximate surface area is 89.4 Å². The second kappa shape index (κ2) is 3.23. The summed E-state index contributed by atoms with van der Waals surface area (Å²) in [6.07, 6.45) is 4.53. The first-order valence-electron chi connectivity index (χ1n) is 5.45. The van der Waals surface area contributed by atoms with Crippen molar-refractivity contribution >= 4 is 0 Å². The molecule has 2 heteroatoms. The number of imidazole rings is 1. The maximum absolute atomic E-state index is 4.42. The molecule has 0 bridgehead atoms. The predicted octanol–water partition coefficient (Wildman–Crippen LogP) is 3.26. The lowest BCUT2D eigenvalue weighted by atomic mass is 10.1. The van der Waals surface area contributed by atoms with Gasteiger partial charge < -0.3 is 4.98 Å². The molecule has 0 saturated heterocycles. The van der Waals surface area contributed by atoms with E-state index in [1.807, 2.05) is 6.20 Å². The van der Waals surface area contributed by atoms with Gasteiger partial charge in [-0.2, -0.15) is 0 Å². The van der Waals surface area contributed by atoms with Gasteiger partial charge in [0.05, 0.1) is 11.9 Å². The molecule has 0 radical (unpaired) electrons. The molecule has 0 amide bonds. The number of aromatic nitrogens is 2. The minimum absolute atomic E-state index is 0.698. The molecule has 1 aromatic heterocycles. The Morgan fingerprint density at radius 2 is 1.93 bits per heavy atom. The first-order chi connectivity index (χ1) is 7.33. The maximum Gasteiger partial charge on any atom is 0.109 e. The van der Waals surface area contributed by atoms with Crippen LogP contribution in [0.25, 0.3) is 11.3 Å². The standard InChI is InChI=1S/C13H14N2/c1-9-2-4-10(5-3-9)12-8-14-13(15-12)11-6-7-11/h2-5,8,11H,6-7H2,1H3,(H,14,15). The van der Waals surface area contributed by atoms with Gasteiger partial charge in [-0.25, -0.2) is 4.98 Å². The predicted molar refractivity (Wildman–Crippen MR) is 60.7 cm³/mol. The van der Waals surface area contributed by atoms with E-state index in [2.05, 4.69) is 41.2 Å². The summed E-state index contributed by atoms with van der Waals surface area (Å²) in [5.41, 5.74) is 3.65. The molecule has 3 rings (SSSR count). The van der Waals surface area contributed by atoms with E-state index >= 15 is 0 Å². The molecular weight excluding hydrogens is 184 g/mol. The number of nitrogens with zero attached hydrogens (tertiary/aromatic N) is 1. The van der Waals surface area contributed by atoms with Crippen LogP contribution >= 0.6 is 0 Å². The van der Waals surface area contributed by atoms with Gasteiger partial charge in [0.1, 0.15) is 5.82 Å². The van der Waals surface area contributed by atoms with E-state index < -0.39 is 0 Å². The molecule has 2 nitrogen and oxygen atoms in total. The van der Waals surface area contributed by atoms with E-state index in [1.54, 1.807) is 0 Å². The number of nitrogens with one attached hydrogen (secondary N) is 1. The third-order valence-corrected chi connectivity index (χ3v) is 2.92. The van der Waals surface area contributed by atoms with Crippen molar-refractivity contribution in [2.75, 3.05) is 0 Å². The Morgan fingerprint density at radius 3 is 2.60 bits per heavy atom. The molecule has 1 saturated carbocycles. The normalized spacial score (nSPS) is 15.5. The highest BCUT2D eigenvalue weighted by Crippen LogP contribution is 2.38. The topological polar surface area (TPSA) is 28.7 Å². The van der Waals surface area contributed by atoms with Crippen LogP contribution in [0.4, 0.5) is 0 Å². The van der Waals surface area contributed by atoms with Crippen molar-refractivity contribution in [3.8, 4) is 11.3 Å². The Balaban J connectivity index is 1.93. The molecule has 0 aliphatic heterocycles. The van der Waals surface area contributed by atoms with Gasteiger partial charge in [-0.15, -0.1) is 0 Å².